The van der Waals surface area contributed by atoms with Crippen molar-refractivity contribution in [3.63, 3.8) is 0 Å². The summed E-state index contributed by atoms with van der Waals surface area (Å²) in [5.74, 6) is -2.02. The van der Waals surface area contributed by atoms with Crippen molar-refractivity contribution in [1.29, 1.82) is 0 Å². The van der Waals surface area contributed by atoms with Gasteiger partial charge in [0.15, 0.2) is 11.5 Å². The molecule has 90 valence electrons. The van der Waals surface area contributed by atoms with Crippen molar-refractivity contribution in [2.75, 3.05) is 13.9 Å². The minimum Gasteiger partial charge on any atom is -0.475 e. The van der Waals surface area contributed by atoms with Crippen molar-refractivity contribution >= 4 is 11.8 Å². The zero-order valence-corrected chi connectivity index (χ0v) is 9.06. The highest BCUT2D eigenvalue weighted by Crippen LogP contribution is 2.38. The summed E-state index contributed by atoms with van der Waals surface area (Å²) in [5.41, 5.74) is 0.457. The summed E-state index contributed by atoms with van der Waals surface area (Å²) in [5, 5.41) is 8.77. The third-order valence-corrected chi connectivity index (χ3v) is 2.35. The Balaban J connectivity index is 2.55. The fourth-order valence-electron chi connectivity index (χ4n) is 1.64. The molecule has 1 aromatic carbocycles. The summed E-state index contributed by atoms with van der Waals surface area (Å²) < 4.78 is 15.1. The number of carbonyl (C=O) groups is 2. The molecule has 1 N–H and O–H groups in total. The summed E-state index contributed by atoms with van der Waals surface area (Å²) in [6, 6.07) is 3.21. The summed E-state index contributed by atoms with van der Waals surface area (Å²) in [6.07, 6.45) is 0. The second kappa shape index (κ2) is 4.42. The zero-order valence-electron chi connectivity index (χ0n) is 9.06. The van der Waals surface area contributed by atoms with Gasteiger partial charge in [0.25, 0.3) is 5.78 Å². The number of methoxy groups -OCH3 is 1. The predicted octanol–water partition coefficient (Wildman–Crippen LogP) is 0.829. The number of carboxylic acids is 1. The first-order valence-corrected chi connectivity index (χ1v) is 4.83. The highest BCUT2D eigenvalue weighted by atomic mass is 16.7. The van der Waals surface area contributed by atoms with Crippen LogP contribution in [0.15, 0.2) is 12.1 Å². The molecule has 0 saturated carbocycles. The Morgan fingerprint density at radius 2 is 2.18 bits per heavy atom. The average Bonchev–Trinajstić information content (AvgIpc) is 2.76. The van der Waals surface area contributed by atoms with Crippen LogP contribution in [0.3, 0.4) is 0 Å². The van der Waals surface area contributed by atoms with Gasteiger partial charge in [-0.1, -0.05) is 6.07 Å². The monoisotopic (exact) mass is 238 g/mol. The van der Waals surface area contributed by atoms with E-state index in [1.165, 1.54) is 7.11 Å². The van der Waals surface area contributed by atoms with E-state index in [1.807, 2.05) is 0 Å². The molecular weight excluding hydrogens is 228 g/mol. The molecule has 1 aliphatic rings. The first kappa shape index (κ1) is 11.4. The largest absolute Gasteiger partial charge is 0.475 e. The van der Waals surface area contributed by atoms with Crippen LogP contribution in [0, 0.1) is 0 Å². The van der Waals surface area contributed by atoms with Crippen LogP contribution in [-0.2, 0) is 16.1 Å². The van der Waals surface area contributed by atoms with Crippen molar-refractivity contribution in [1.82, 2.24) is 0 Å². The lowest BCUT2D eigenvalue weighted by atomic mass is 10.0. The van der Waals surface area contributed by atoms with E-state index in [0.717, 1.165) is 0 Å². The molecule has 1 aromatic rings. The molecule has 2 rings (SSSR count). The van der Waals surface area contributed by atoms with Crippen LogP contribution < -0.4 is 9.47 Å². The molecule has 6 heteroatoms. The highest BCUT2D eigenvalue weighted by Gasteiger charge is 2.29. The van der Waals surface area contributed by atoms with Gasteiger partial charge in [-0.2, -0.15) is 0 Å². The number of hydrogen-bond donors (Lipinski definition) is 1. The lowest BCUT2D eigenvalue weighted by Gasteiger charge is -2.08. The minimum atomic E-state index is -1.54. The molecular formula is C11H10O6. The van der Waals surface area contributed by atoms with Crippen molar-refractivity contribution in [3.05, 3.63) is 23.3 Å². The van der Waals surface area contributed by atoms with Crippen molar-refractivity contribution < 1.29 is 28.9 Å². The maximum absolute atomic E-state index is 11.6. The Labute approximate surface area is 96.7 Å². The molecule has 0 radical (unpaired) electrons. The molecule has 0 saturated heterocycles. The van der Waals surface area contributed by atoms with Crippen LogP contribution in [0.2, 0.25) is 0 Å². The molecule has 0 bridgehead atoms. The molecule has 1 heterocycles. The Hall–Kier alpha value is -2.08. The third-order valence-electron chi connectivity index (χ3n) is 2.35. The van der Waals surface area contributed by atoms with Gasteiger partial charge in [0, 0.05) is 7.11 Å². The Morgan fingerprint density at radius 3 is 2.82 bits per heavy atom. The van der Waals surface area contributed by atoms with E-state index < -0.39 is 11.8 Å². The predicted molar refractivity (Wildman–Crippen MR) is 55.2 cm³/mol. The van der Waals surface area contributed by atoms with E-state index in [9.17, 15) is 9.59 Å². The average molecular weight is 238 g/mol. The number of ketones is 1. The normalized spacial score (nSPS) is 12.5. The second-order valence-electron chi connectivity index (χ2n) is 3.40. The summed E-state index contributed by atoms with van der Waals surface area (Å²) in [7, 11) is 1.46. The number of carboxylic acid groups (broad SMARTS) is 1. The van der Waals surface area contributed by atoms with Crippen LogP contribution in [0.4, 0.5) is 0 Å². The van der Waals surface area contributed by atoms with Crippen LogP contribution in [0.1, 0.15) is 15.9 Å². The molecule has 17 heavy (non-hydrogen) atoms. The molecule has 1 aliphatic heterocycles. The lowest BCUT2D eigenvalue weighted by Crippen LogP contribution is -2.16. The molecule has 0 spiro atoms. The van der Waals surface area contributed by atoms with E-state index in [1.54, 1.807) is 12.1 Å². The Kier molecular flexibility index (Phi) is 2.97. The fourth-order valence-corrected chi connectivity index (χ4v) is 1.64. The number of ether oxygens (including phenoxy) is 3. The maximum atomic E-state index is 11.6. The number of aliphatic carboxylic acids is 1. The van der Waals surface area contributed by atoms with Gasteiger partial charge in [0.2, 0.25) is 6.79 Å². The lowest BCUT2D eigenvalue weighted by molar-refractivity contribution is -0.131. The van der Waals surface area contributed by atoms with Gasteiger partial charge in [-0.25, -0.2) is 4.79 Å². The number of rotatable bonds is 4. The van der Waals surface area contributed by atoms with Crippen molar-refractivity contribution in [2.24, 2.45) is 0 Å². The number of carbonyl (C=O) groups excluding carboxylic acids is 1. The molecule has 0 amide bonds. The maximum Gasteiger partial charge on any atom is 0.377 e. The third kappa shape index (κ3) is 1.94. The van der Waals surface area contributed by atoms with Crippen LogP contribution in [0.25, 0.3) is 0 Å². The van der Waals surface area contributed by atoms with E-state index >= 15 is 0 Å². The van der Waals surface area contributed by atoms with Gasteiger partial charge in [-0.05, 0) is 11.6 Å². The van der Waals surface area contributed by atoms with Gasteiger partial charge >= 0.3 is 5.97 Å². The first-order chi connectivity index (χ1) is 8.15. The number of hydrogen-bond acceptors (Lipinski definition) is 5. The quantitative estimate of drug-likeness (QED) is 0.618. The van der Waals surface area contributed by atoms with Gasteiger partial charge in [-0.15, -0.1) is 0 Å². The Bertz CT molecular complexity index is 479. The molecule has 0 unspecified atom stereocenters. The number of benzene rings is 1. The number of fused-ring (bicyclic) bond motifs is 1. The molecule has 0 aliphatic carbocycles. The highest BCUT2D eigenvalue weighted by molar-refractivity contribution is 6.41. The smallest absolute Gasteiger partial charge is 0.377 e. The van der Waals surface area contributed by atoms with Crippen LogP contribution >= 0.6 is 0 Å². The van der Waals surface area contributed by atoms with Crippen molar-refractivity contribution in [2.45, 2.75) is 6.61 Å². The SMILES string of the molecule is COCc1ccc2c(c1C(=O)C(=O)O)OCO2. The topological polar surface area (TPSA) is 82.1 Å². The summed E-state index contributed by atoms with van der Waals surface area (Å²) >= 11 is 0. The molecule has 0 aromatic heterocycles. The van der Waals surface area contributed by atoms with E-state index in [2.05, 4.69) is 0 Å². The standard InChI is InChI=1S/C11H10O6/c1-15-4-6-2-3-7-10(17-5-16-7)8(6)9(12)11(13)14/h2-3H,4-5H2,1H3,(H,13,14). The first-order valence-electron chi connectivity index (χ1n) is 4.83. The summed E-state index contributed by atoms with van der Waals surface area (Å²) in [6.45, 7) is 0.108. The fraction of sp³-hybridized carbons (Fsp3) is 0.273. The molecule has 0 atom stereocenters. The van der Waals surface area contributed by atoms with E-state index in [4.69, 9.17) is 19.3 Å². The minimum absolute atomic E-state index is 0.00523. The second-order valence-corrected chi connectivity index (χ2v) is 3.40. The van der Waals surface area contributed by atoms with Gasteiger partial charge in [-0.3, -0.25) is 4.79 Å². The number of Topliss-reactive ketones (excluding diaryl/α,β-unsaturated/α-hetero) is 1. The van der Waals surface area contributed by atoms with E-state index in [-0.39, 0.29) is 24.7 Å². The van der Waals surface area contributed by atoms with Crippen LogP contribution in [-0.4, -0.2) is 30.8 Å². The van der Waals surface area contributed by atoms with Gasteiger partial charge < -0.3 is 19.3 Å². The van der Waals surface area contributed by atoms with Gasteiger partial charge in [0.1, 0.15) is 0 Å². The van der Waals surface area contributed by atoms with Crippen molar-refractivity contribution in [3.8, 4) is 11.5 Å². The summed E-state index contributed by atoms with van der Waals surface area (Å²) in [4.78, 5) is 22.4. The molecule has 0 fully saturated rings. The zero-order chi connectivity index (χ0) is 12.4. The van der Waals surface area contributed by atoms with Crippen LogP contribution in [0.5, 0.6) is 11.5 Å². The Morgan fingerprint density at radius 1 is 1.41 bits per heavy atom. The molecule has 6 nitrogen and oxygen atoms in total. The van der Waals surface area contributed by atoms with Gasteiger partial charge in [0.05, 0.1) is 12.2 Å². The van der Waals surface area contributed by atoms with E-state index in [0.29, 0.717) is 11.3 Å².